The Kier molecular flexibility index (Phi) is 5.41. The van der Waals surface area contributed by atoms with E-state index in [-0.39, 0.29) is 18.7 Å². The predicted octanol–water partition coefficient (Wildman–Crippen LogP) is 2.92. The van der Waals surface area contributed by atoms with Crippen molar-refractivity contribution in [2.24, 2.45) is 5.92 Å². The van der Waals surface area contributed by atoms with E-state index in [9.17, 15) is 4.79 Å². The zero-order valence-corrected chi connectivity index (χ0v) is 12.1. The molecule has 0 bridgehead atoms. The van der Waals surface area contributed by atoms with Crippen LogP contribution >= 0.6 is 0 Å². The summed E-state index contributed by atoms with van der Waals surface area (Å²) in [5.41, 5.74) is 2.03. The molecule has 1 aromatic rings. The molecular weight excluding hydrogens is 252 g/mol. The van der Waals surface area contributed by atoms with Crippen LogP contribution in [0.25, 0.3) is 0 Å². The molecule has 110 valence electrons. The second-order valence-electron chi connectivity index (χ2n) is 5.51. The van der Waals surface area contributed by atoms with Gasteiger partial charge in [0.05, 0.1) is 0 Å². The van der Waals surface area contributed by atoms with E-state index < -0.39 is 0 Å². The van der Waals surface area contributed by atoms with E-state index >= 15 is 0 Å². The fourth-order valence-electron chi connectivity index (χ4n) is 2.78. The van der Waals surface area contributed by atoms with Crippen molar-refractivity contribution in [1.29, 1.82) is 0 Å². The van der Waals surface area contributed by atoms with Crippen LogP contribution in [-0.4, -0.2) is 23.8 Å². The van der Waals surface area contributed by atoms with E-state index in [1.54, 1.807) is 0 Å². The molecule has 0 unspecified atom stereocenters. The first-order chi connectivity index (χ1) is 9.72. The van der Waals surface area contributed by atoms with Crippen LogP contribution in [0.5, 0.6) is 0 Å². The second kappa shape index (κ2) is 7.29. The number of para-hydroxylation sites is 1. The van der Waals surface area contributed by atoms with Gasteiger partial charge >= 0.3 is 6.03 Å². The predicted molar refractivity (Wildman–Crippen MR) is 80.8 cm³/mol. The molecule has 3 N–H and O–H groups in total. The summed E-state index contributed by atoms with van der Waals surface area (Å²) in [5, 5.41) is 15.1. The highest BCUT2D eigenvalue weighted by Gasteiger charge is 2.21. The molecule has 4 heteroatoms. The van der Waals surface area contributed by atoms with Gasteiger partial charge < -0.3 is 15.7 Å². The highest BCUT2D eigenvalue weighted by Crippen LogP contribution is 2.24. The minimum atomic E-state index is -0.127. The second-order valence-corrected chi connectivity index (χ2v) is 5.51. The number of rotatable bonds is 4. The van der Waals surface area contributed by atoms with Crippen molar-refractivity contribution in [3.05, 3.63) is 29.8 Å². The van der Waals surface area contributed by atoms with Gasteiger partial charge in [0.1, 0.15) is 0 Å². The van der Waals surface area contributed by atoms with Gasteiger partial charge in [0.15, 0.2) is 0 Å². The van der Waals surface area contributed by atoms with Crippen molar-refractivity contribution in [1.82, 2.24) is 5.32 Å². The van der Waals surface area contributed by atoms with Crippen LogP contribution in [0.2, 0.25) is 0 Å². The molecule has 1 aliphatic carbocycles. The molecule has 0 heterocycles. The monoisotopic (exact) mass is 276 g/mol. The largest absolute Gasteiger partial charge is 0.396 e. The summed E-state index contributed by atoms with van der Waals surface area (Å²) >= 11 is 0. The van der Waals surface area contributed by atoms with Gasteiger partial charge in [-0.15, -0.1) is 0 Å². The first kappa shape index (κ1) is 14.9. The van der Waals surface area contributed by atoms with Crippen LogP contribution in [-0.2, 0) is 6.42 Å². The molecule has 1 saturated carbocycles. The summed E-state index contributed by atoms with van der Waals surface area (Å²) in [6.07, 6.45) is 4.79. The summed E-state index contributed by atoms with van der Waals surface area (Å²) in [7, 11) is 0. The lowest BCUT2D eigenvalue weighted by Gasteiger charge is -2.28. The highest BCUT2D eigenvalue weighted by atomic mass is 16.3. The SMILES string of the molecule is CCc1ccccc1NC(=O)NC1CCC(CO)CC1. The first-order valence-electron chi connectivity index (χ1n) is 7.49. The van der Waals surface area contributed by atoms with Crippen molar-refractivity contribution in [2.75, 3.05) is 11.9 Å². The quantitative estimate of drug-likeness (QED) is 0.792. The highest BCUT2D eigenvalue weighted by molar-refractivity contribution is 5.90. The summed E-state index contributed by atoms with van der Waals surface area (Å²) in [6.45, 7) is 2.34. The molecule has 0 radical (unpaired) electrons. The van der Waals surface area contributed by atoms with E-state index in [2.05, 4.69) is 17.6 Å². The van der Waals surface area contributed by atoms with Crippen molar-refractivity contribution in [3.8, 4) is 0 Å². The molecule has 4 nitrogen and oxygen atoms in total. The molecule has 1 fully saturated rings. The number of aliphatic hydroxyl groups excluding tert-OH is 1. The third-order valence-electron chi connectivity index (χ3n) is 4.09. The summed E-state index contributed by atoms with van der Waals surface area (Å²) in [5.74, 6) is 0.414. The van der Waals surface area contributed by atoms with E-state index in [4.69, 9.17) is 5.11 Å². The maximum Gasteiger partial charge on any atom is 0.319 e. The Morgan fingerprint density at radius 3 is 2.60 bits per heavy atom. The van der Waals surface area contributed by atoms with Gasteiger partial charge in [0.2, 0.25) is 0 Å². The smallest absolute Gasteiger partial charge is 0.319 e. The van der Waals surface area contributed by atoms with Crippen LogP contribution in [0, 0.1) is 5.92 Å². The molecular formula is C16H24N2O2. The Morgan fingerprint density at radius 2 is 1.95 bits per heavy atom. The van der Waals surface area contributed by atoms with Crippen LogP contribution < -0.4 is 10.6 Å². The maximum atomic E-state index is 12.0. The number of aryl methyl sites for hydroxylation is 1. The van der Waals surface area contributed by atoms with Crippen molar-refractivity contribution in [2.45, 2.75) is 45.1 Å². The number of anilines is 1. The maximum absolute atomic E-state index is 12.0. The molecule has 0 saturated heterocycles. The third-order valence-corrected chi connectivity index (χ3v) is 4.09. The van der Waals surface area contributed by atoms with Gasteiger partial charge in [-0.05, 0) is 49.7 Å². The zero-order valence-electron chi connectivity index (χ0n) is 12.1. The normalized spacial score (nSPS) is 22.3. The number of nitrogens with one attached hydrogen (secondary N) is 2. The van der Waals surface area contributed by atoms with Crippen LogP contribution in [0.3, 0.4) is 0 Å². The Balaban J connectivity index is 1.84. The Bertz CT molecular complexity index is 440. The van der Waals surface area contributed by atoms with E-state index in [0.29, 0.717) is 5.92 Å². The topological polar surface area (TPSA) is 61.4 Å². The fraction of sp³-hybridized carbons (Fsp3) is 0.562. The number of benzene rings is 1. The van der Waals surface area contributed by atoms with Crippen LogP contribution in [0.4, 0.5) is 10.5 Å². The number of carbonyl (C=O) groups is 1. The lowest BCUT2D eigenvalue weighted by molar-refractivity contribution is 0.176. The minimum absolute atomic E-state index is 0.127. The molecule has 2 amide bonds. The van der Waals surface area contributed by atoms with Gasteiger partial charge in [0, 0.05) is 18.3 Å². The van der Waals surface area contributed by atoms with Crippen molar-refractivity contribution < 1.29 is 9.90 Å². The van der Waals surface area contributed by atoms with E-state index in [1.807, 2.05) is 24.3 Å². The number of aliphatic hydroxyl groups is 1. The van der Waals surface area contributed by atoms with Crippen LogP contribution in [0.1, 0.15) is 38.2 Å². The molecule has 1 aliphatic rings. The first-order valence-corrected chi connectivity index (χ1v) is 7.49. The van der Waals surface area contributed by atoms with Crippen LogP contribution in [0.15, 0.2) is 24.3 Å². The molecule has 0 spiro atoms. The Hall–Kier alpha value is -1.55. The number of hydrogen-bond acceptors (Lipinski definition) is 2. The van der Waals surface area contributed by atoms with Gasteiger partial charge in [-0.3, -0.25) is 0 Å². The Morgan fingerprint density at radius 1 is 1.25 bits per heavy atom. The van der Waals surface area contributed by atoms with Crippen molar-refractivity contribution in [3.63, 3.8) is 0 Å². The average molecular weight is 276 g/mol. The number of urea groups is 1. The summed E-state index contributed by atoms with van der Waals surface area (Å²) in [6, 6.07) is 7.98. The molecule has 20 heavy (non-hydrogen) atoms. The molecule has 1 aromatic carbocycles. The number of amides is 2. The van der Waals surface area contributed by atoms with E-state index in [0.717, 1.165) is 43.4 Å². The molecule has 2 rings (SSSR count). The fourth-order valence-corrected chi connectivity index (χ4v) is 2.78. The summed E-state index contributed by atoms with van der Waals surface area (Å²) < 4.78 is 0. The molecule has 0 atom stereocenters. The minimum Gasteiger partial charge on any atom is -0.396 e. The lowest BCUT2D eigenvalue weighted by Crippen LogP contribution is -2.40. The van der Waals surface area contributed by atoms with Crippen molar-refractivity contribution >= 4 is 11.7 Å². The van der Waals surface area contributed by atoms with Gasteiger partial charge in [-0.2, -0.15) is 0 Å². The number of hydrogen-bond donors (Lipinski definition) is 3. The zero-order chi connectivity index (χ0) is 14.4. The third kappa shape index (κ3) is 3.97. The average Bonchev–Trinajstić information content (AvgIpc) is 2.48. The van der Waals surface area contributed by atoms with Gasteiger partial charge in [-0.1, -0.05) is 25.1 Å². The van der Waals surface area contributed by atoms with Gasteiger partial charge in [0.25, 0.3) is 0 Å². The molecule has 0 aliphatic heterocycles. The summed E-state index contributed by atoms with van der Waals surface area (Å²) in [4.78, 5) is 12.0. The Labute approximate surface area is 120 Å². The molecule has 0 aromatic heterocycles. The lowest BCUT2D eigenvalue weighted by atomic mass is 9.87. The standard InChI is InChI=1S/C16H24N2O2/c1-2-13-5-3-4-6-15(13)18-16(20)17-14-9-7-12(11-19)8-10-14/h3-6,12,14,19H,2,7-11H2,1H3,(H2,17,18,20). The van der Waals surface area contributed by atoms with E-state index in [1.165, 1.54) is 0 Å². The van der Waals surface area contributed by atoms with Gasteiger partial charge in [-0.25, -0.2) is 4.79 Å². The number of carbonyl (C=O) groups excluding carboxylic acids is 1.